The maximum Gasteiger partial charge on any atom is 0.223 e. The number of nitrogen functional groups attached to an aromatic ring is 1. The zero-order valence-corrected chi connectivity index (χ0v) is 11.4. The Labute approximate surface area is 113 Å². The molecule has 2 aliphatic rings. The SMILES string of the molecule is CCNc1cc(NC2CCN3CCCC23)nc(N)n1. The molecule has 3 heterocycles. The van der Waals surface area contributed by atoms with Crippen molar-refractivity contribution in [1.29, 1.82) is 0 Å². The number of hydrogen-bond acceptors (Lipinski definition) is 6. The van der Waals surface area contributed by atoms with Crippen LogP contribution in [-0.4, -0.2) is 46.6 Å². The number of nitrogens with two attached hydrogens (primary N) is 1. The predicted molar refractivity (Wildman–Crippen MR) is 77.2 cm³/mol. The third kappa shape index (κ3) is 2.58. The number of hydrogen-bond donors (Lipinski definition) is 3. The smallest absolute Gasteiger partial charge is 0.223 e. The lowest BCUT2D eigenvalue weighted by atomic mass is 10.1. The maximum atomic E-state index is 5.76. The molecule has 6 heteroatoms. The third-order valence-corrected chi connectivity index (χ3v) is 4.04. The molecule has 3 rings (SSSR count). The Kier molecular flexibility index (Phi) is 3.42. The number of fused-ring (bicyclic) bond motifs is 1. The highest BCUT2D eigenvalue weighted by atomic mass is 15.3. The van der Waals surface area contributed by atoms with E-state index in [1.807, 2.05) is 13.0 Å². The van der Waals surface area contributed by atoms with E-state index in [2.05, 4.69) is 25.5 Å². The standard InChI is InChI=1S/C13H22N6/c1-2-15-11-8-12(18-13(14)17-11)16-9-5-7-19-6-3-4-10(9)19/h8-10H,2-7H2,1H3,(H4,14,15,16,17,18). The molecule has 2 fully saturated rings. The molecular formula is C13H22N6. The molecule has 1 aromatic heterocycles. The van der Waals surface area contributed by atoms with Gasteiger partial charge in [0.1, 0.15) is 11.6 Å². The second-order valence-electron chi connectivity index (χ2n) is 5.31. The Balaban J connectivity index is 1.72. The summed E-state index contributed by atoms with van der Waals surface area (Å²) in [7, 11) is 0. The Hall–Kier alpha value is -1.56. The minimum Gasteiger partial charge on any atom is -0.370 e. The molecule has 6 nitrogen and oxygen atoms in total. The van der Waals surface area contributed by atoms with Gasteiger partial charge in [0.05, 0.1) is 0 Å². The normalized spacial score (nSPS) is 26.4. The van der Waals surface area contributed by atoms with Crippen LogP contribution in [0.3, 0.4) is 0 Å². The van der Waals surface area contributed by atoms with Gasteiger partial charge in [0.25, 0.3) is 0 Å². The highest BCUT2D eigenvalue weighted by molar-refractivity contribution is 5.51. The zero-order valence-electron chi connectivity index (χ0n) is 11.4. The van der Waals surface area contributed by atoms with Gasteiger partial charge in [0.2, 0.25) is 5.95 Å². The van der Waals surface area contributed by atoms with E-state index in [9.17, 15) is 0 Å². The van der Waals surface area contributed by atoms with Crippen LogP contribution in [0.2, 0.25) is 0 Å². The molecule has 2 aliphatic heterocycles. The lowest BCUT2D eigenvalue weighted by Gasteiger charge is -2.22. The van der Waals surface area contributed by atoms with Crippen molar-refractivity contribution < 1.29 is 0 Å². The van der Waals surface area contributed by atoms with Gasteiger partial charge < -0.3 is 16.4 Å². The molecule has 19 heavy (non-hydrogen) atoms. The van der Waals surface area contributed by atoms with Crippen molar-refractivity contribution in [2.24, 2.45) is 0 Å². The summed E-state index contributed by atoms with van der Waals surface area (Å²) in [6.07, 6.45) is 3.79. The monoisotopic (exact) mass is 262 g/mol. The summed E-state index contributed by atoms with van der Waals surface area (Å²) in [5, 5.41) is 6.72. The predicted octanol–water partition coefficient (Wildman–Crippen LogP) is 1.14. The quantitative estimate of drug-likeness (QED) is 0.755. The van der Waals surface area contributed by atoms with Crippen molar-refractivity contribution in [2.45, 2.75) is 38.3 Å². The van der Waals surface area contributed by atoms with Gasteiger partial charge >= 0.3 is 0 Å². The molecule has 0 aliphatic carbocycles. The van der Waals surface area contributed by atoms with Crippen molar-refractivity contribution in [3.63, 3.8) is 0 Å². The van der Waals surface area contributed by atoms with Crippen LogP contribution in [0.5, 0.6) is 0 Å². The largest absolute Gasteiger partial charge is 0.370 e. The topological polar surface area (TPSA) is 79.1 Å². The first-order chi connectivity index (χ1) is 9.26. The van der Waals surface area contributed by atoms with Crippen LogP contribution in [0.1, 0.15) is 26.2 Å². The first kappa shape index (κ1) is 12.5. The molecule has 4 N–H and O–H groups in total. The Morgan fingerprint density at radius 2 is 2.16 bits per heavy atom. The van der Waals surface area contributed by atoms with E-state index in [1.54, 1.807) is 0 Å². The molecule has 2 unspecified atom stereocenters. The summed E-state index contributed by atoms with van der Waals surface area (Å²) in [5.41, 5.74) is 5.76. The number of nitrogens with zero attached hydrogens (tertiary/aromatic N) is 3. The van der Waals surface area contributed by atoms with Crippen molar-refractivity contribution in [3.05, 3.63) is 6.07 Å². The van der Waals surface area contributed by atoms with Gasteiger partial charge in [-0.1, -0.05) is 0 Å². The Morgan fingerprint density at radius 3 is 3.00 bits per heavy atom. The maximum absolute atomic E-state index is 5.76. The highest BCUT2D eigenvalue weighted by Crippen LogP contribution is 2.30. The third-order valence-electron chi connectivity index (χ3n) is 4.04. The van der Waals surface area contributed by atoms with Gasteiger partial charge in [-0.05, 0) is 32.7 Å². The van der Waals surface area contributed by atoms with E-state index in [1.165, 1.54) is 32.4 Å². The molecule has 0 radical (unpaired) electrons. The summed E-state index contributed by atoms with van der Waals surface area (Å²) in [4.78, 5) is 11.0. The van der Waals surface area contributed by atoms with E-state index in [-0.39, 0.29) is 0 Å². The second-order valence-corrected chi connectivity index (χ2v) is 5.31. The molecule has 0 spiro atoms. The molecular weight excluding hydrogens is 240 g/mol. The van der Waals surface area contributed by atoms with Gasteiger partial charge in [0, 0.05) is 31.2 Å². The van der Waals surface area contributed by atoms with E-state index >= 15 is 0 Å². The van der Waals surface area contributed by atoms with Gasteiger partial charge in [-0.3, -0.25) is 4.90 Å². The summed E-state index contributed by atoms with van der Waals surface area (Å²) in [6.45, 7) is 5.31. The lowest BCUT2D eigenvalue weighted by molar-refractivity contribution is 0.318. The molecule has 0 saturated carbocycles. The zero-order chi connectivity index (χ0) is 13.2. The van der Waals surface area contributed by atoms with Crippen LogP contribution >= 0.6 is 0 Å². The second kappa shape index (κ2) is 5.21. The number of anilines is 3. The van der Waals surface area contributed by atoms with Crippen LogP contribution in [-0.2, 0) is 0 Å². The fourth-order valence-electron chi connectivity index (χ4n) is 3.25. The molecule has 1 aromatic rings. The van der Waals surface area contributed by atoms with E-state index < -0.39 is 0 Å². The van der Waals surface area contributed by atoms with Gasteiger partial charge in [0.15, 0.2) is 0 Å². The van der Waals surface area contributed by atoms with Gasteiger partial charge in [-0.15, -0.1) is 0 Å². The summed E-state index contributed by atoms with van der Waals surface area (Å²) >= 11 is 0. The molecule has 0 aromatic carbocycles. The van der Waals surface area contributed by atoms with Crippen molar-refractivity contribution in [3.8, 4) is 0 Å². The Morgan fingerprint density at radius 1 is 1.32 bits per heavy atom. The first-order valence-electron chi connectivity index (χ1n) is 7.15. The average molecular weight is 262 g/mol. The van der Waals surface area contributed by atoms with E-state index in [0.717, 1.165) is 18.2 Å². The van der Waals surface area contributed by atoms with Crippen molar-refractivity contribution in [2.75, 3.05) is 36.0 Å². The van der Waals surface area contributed by atoms with Crippen molar-refractivity contribution in [1.82, 2.24) is 14.9 Å². The van der Waals surface area contributed by atoms with E-state index in [4.69, 9.17) is 5.73 Å². The summed E-state index contributed by atoms with van der Waals surface area (Å²) < 4.78 is 0. The number of aromatic nitrogens is 2. The van der Waals surface area contributed by atoms with Crippen LogP contribution in [0.15, 0.2) is 6.07 Å². The summed E-state index contributed by atoms with van der Waals surface area (Å²) in [5.74, 6) is 1.95. The first-order valence-corrected chi connectivity index (χ1v) is 7.15. The lowest BCUT2D eigenvalue weighted by Crippen LogP contribution is -2.34. The molecule has 0 bridgehead atoms. The van der Waals surface area contributed by atoms with Crippen LogP contribution in [0.4, 0.5) is 17.6 Å². The van der Waals surface area contributed by atoms with Gasteiger partial charge in [-0.25, -0.2) is 0 Å². The van der Waals surface area contributed by atoms with Gasteiger partial charge in [-0.2, -0.15) is 9.97 Å². The minimum absolute atomic E-state index is 0.322. The van der Waals surface area contributed by atoms with Crippen LogP contribution < -0.4 is 16.4 Å². The fourth-order valence-corrected chi connectivity index (χ4v) is 3.25. The molecule has 104 valence electrons. The Bertz CT molecular complexity index is 449. The average Bonchev–Trinajstić information content (AvgIpc) is 2.94. The number of nitrogens with one attached hydrogen (secondary N) is 2. The van der Waals surface area contributed by atoms with E-state index in [0.29, 0.717) is 18.0 Å². The molecule has 2 saturated heterocycles. The summed E-state index contributed by atoms with van der Waals surface area (Å²) in [6, 6.07) is 3.10. The molecule has 2 atom stereocenters. The van der Waals surface area contributed by atoms with Crippen LogP contribution in [0, 0.1) is 0 Å². The highest BCUT2D eigenvalue weighted by Gasteiger charge is 2.37. The minimum atomic E-state index is 0.322. The van der Waals surface area contributed by atoms with Crippen molar-refractivity contribution >= 4 is 17.6 Å². The molecule has 0 amide bonds. The van der Waals surface area contributed by atoms with Crippen LogP contribution in [0.25, 0.3) is 0 Å². The number of rotatable bonds is 4. The fraction of sp³-hybridized carbons (Fsp3) is 0.692.